The molecule has 0 saturated carbocycles. The van der Waals surface area contributed by atoms with Gasteiger partial charge in [0.2, 0.25) is 0 Å². The molecule has 0 spiro atoms. The second-order valence-electron chi connectivity index (χ2n) is 3.72. The number of aliphatic hydroxyl groups is 1. The number of carboxylic acids is 1. The molecule has 1 aliphatic rings. The van der Waals surface area contributed by atoms with Crippen LogP contribution in [0.1, 0.15) is 19.3 Å². The van der Waals surface area contributed by atoms with E-state index in [0.717, 1.165) is 12.2 Å². The van der Waals surface area contributed by atoms with E-state index in [2.05, 4.69) is 0 Å². The Kier molecular flexibility index (Phi) is 3.08. The molecule has 0 amide bonds. The first-order valence-corrected chi connectivity index (χ1v) is 4.43. The molecule has 0 saturated heterocycles. The van der Waals surface area contributed by atoms with E-state index >= 15 is 0 Å². The summed E-state index contributed by atoms with van der Waals surface area (Å²) in [4.78, 5) is 10.3. The van der Waals surface area contributed by atoms with Crippen LogP contribution < -0.4 is 0 Å². The Morgan fingerprint density at radius 3 is 2.47 bits per heavy atom. The van der Waals surface area contributed by atoms with Crippen molar-refractivity contribution in [2.75, 3.05) is 0 Å². The van der Waals surface area contributed by atoms with Gasteiger partial charge in [0.1, 0.15) is 0 Å². The molecule has 0 aromatic carbocycles. The smallest absolute Gasteiger partial charge is 0.395 e. The molecular formula is C9H11F3O3. The maximum absolute atomic E-state index is 12.2. The summed E-state index contributed by atoms with van der Waals surface area (Å²) in [7, 11) is 0. The number of hydrogen-bond donors (Lipinski definition) is 2. The van der Waals surface area contributed by atoms with Crippen LogP contribution in [0.25, 0.3) is 0 Å². The highest BCUT2D eigenvalue weighted by Gasteiger charge is 2.42. The summed E-state index contributed by atoms with van der Waals surface area (Å²) in [5.41, 5.74) is -1.63. The van der Waals surface area contributed by atoms with E-state index in [-0.39, 0.29) is 12.8 Å². The minimum atomic E-state index is -4.32. The Bertz CT molecular complexity index is 285. The lowest BCUT2D eigenvalue weighted by atomic mass is 9.83. The minimum Gasteiger partial charge on any atom is -0.481 e. The predicted octanol–water partition coefficient (Wildman–Crippen LogP) is 1.72. The van der Waals surface area contributed by atoms with E-state index in [1.807, 2.05) is 0 Å². The molecule has 86 valence electrons. The van der Waals surface area contributed by atoms with E-state index < -0.39 is 30.1 Å². The average Bonchev–Trinajstić information content (AvgIpc) is 2.00. The van der Waals surface area contributed by atoms with Crippen molar-refractivity contribution >= 4 is 5.97 Å². The molecule has 15 heavy (non-hydrogen) atoms. The number of allylic oxidation sites excluding steroid dienone is 1. The van der Waals surface area contributed by atoms with Gasteiger partial charge in [-0.2, -0.15) is 13.2 Å². The predicted molar refractivity (Wildman–Crippen MR) is 45.1 cm³/mol. The van der Waals surface area contributed by atoms with E-state index in [0.29, 0.717) is 0 Å². The van der Waals surface area contributed by atoms with Crippen LogP contribution in [0.5, 0.6) is 0 Å². The number of halogens is 3. The Labute approximate surface area is 84.2 Å². The number of alkyl halides is 3. The number of hydrogen-bond acceptors (Lipinski definition) is 2. The van der Waals surface area contributed by atoms with Gasteiger partial charge in [-0.25, -0.2) is 0 Å². The van der Waals surface area contributed by atoms with Crippen molar-refractivity contribution in [3.8, 4) is 0 Å². The monoisotopic (exact) mass is 224 g/mol. The summed E-state index contributed by atoms with van der Waals surface area (Å²) >= 11 is 0. The van der Waals surface area contributed by atoms with Crippen LogP contribution >= 0.6 is 0 Å². The molecular weight excluding hydrogens is 213 g/mol. The van der Waals surface area contributed by atoms with Crippen LogP contribution in [0.4, 0.5) is 13.2 Å². The molecule has 0 aromatic heterocycles. The van der Waals surface area contributed by atoms with Crippen LogP contribution in [-0.4, -0.2) is 28.0 Å². The lowest BCUT2D eigenvalue weighted by Gasteiger charge is -2.30. The lowest BCUT2D eigenvalue weighted by Crippen LogP contribution is -2.35. The zero-order valence-corrected chi connectivity index (χ0v) is 7.79. The Morgan fingerprint density at radius 1 is 1.53 bits per heavy atom. The van der Waals surface area contributed by atoms with Crippen molar-refractivity contribution in [1.29, 1.82) is 0 Å². The number of rotatable bonds is 2. The maximum Gasteiger partial charge on any atom is 0.395 e. The van der Waals surface area contributed by atoms with Gasteiger partial charge in [0.05, 0.1) is 17.9 Å². The minimum absolute atomic E-state index is 0.181. The Morgan fingerprint density at radius 2 is 2.13 bits per heavy atom. The largest absolute Gasteiger partial charge is 0.481 e. The van der Waals surface area contributed by atoms with Crippen molar-refractivity contribution < 1.29 is 28.2 Å². The second-order valence-corrected chi connectivity index (χ2v) is 3.72. The third-order valence-corrected chi connectivity index (χ3v) is 2.40. The van der Waals surface area contributed by atoms with Crippen LogP contribution in [0.15, 0.2) is 12.2 Å². The summed E-state index contributed by atoms with van der Waals surface area (Å²) in [5, 5.41) is 18.0. The van der Waals surface area contributed by atoms with E-state index in [4.69, 9.17) is 5.11 Å². The molecule has 2 N–H and O–H groups in total. The van der Waals surface area contributed by atoms with Crippen LogP contribution in [-0.2, 0) is 4.79 Å². The van der Waals surface area contributed by atoms with Crippen molar-refractivity contribution in [2.24, 2.45) is 5.92 Å². The maximum atomic E-state index is 12.2. The van der Waals surface area contributed by atoms with Crippen molar-refractivity contribution in [3.63, 3.8) is 0 Å². The van der Waals surface area contributed by atoms with E-state index in [1.165, 1.54) is 0 Å². The second kappa shape index (κ2) is 3.84. The van der Waals surface area contributed by atoms with E-state index in [1.54, 1.807) is 0 Å². The molecule has 1 rings (SSSR count). The molecule has 0 radical (unpaired) electrons. The molecule has 3 nitrogen and oxygen atoms in total. The SMILES string of the molecule is O=C(O)CC1(O)C=CC(C(F)(F)F)CC1. The summed E-state index contributed by atoms with van der Waals surface area (Å²) in [5.74, 6) is -2.81. The molecule has 0 bridgehead atoms. The summed E-state index contributed by atoms with van der Waals surface area (Å²) in [6.07, 6.45) is -3.55. The molecule has 1 aliphatic carbocycles. The van der Waals surface area contributed by atoms with Crippen LogP contribution in [0, 0.1) is 5.92 Å². The topological polar surface area (TPSA) is 57.5 Å². The Hall–Kier alpha value is -1.04. The molecule has 2 atom stereocenters. The third kappa shape index (κ3) is 3.23. The fourth-order valence-corrected chi connectivity index (χ4v) is 1.56. The van der Waals surface area contributed by atoms with Crippen molar-refractivity contribution in [3.05, 3.63) is 12.2 Å². The fourth-order valence-electron chi connectivity index (χ4n) is 1.56. The first-order valence-electron chi connectivity index (χ1n) is 4.43. The first kappa shape index (κ1) is 12.0. The highest BCUT2D eigenvalue weighted by Crippen LogP contribution is 2.37. The summed E-state index contributed by atoms with van der Waals surface area (Å²) in [6.45, 7) is 0. The molecule has 6 heteroatoms. The number of carbonyl (C=O) groups is 1. The van der Waals surface area contributed by atoms with Gasteiger partial charge in [0, 0.05) is 0 Å². The summed E-state index contributed by atoms with van der Waals surface area (Å²) < 4.78 is 36.6. The first-order chi connectivity index (χ1) is 6.73. The summed E-state index contributed by atoms with van der Waals surface area (Å²) in [6, 6.07) is 0. The van der Waals surface area contributed by atoms with Crippen LogP contribution in [0.3, 0.4) is 0 Å². The van der Waals surface area contributed by atoms with Gasteiger partial charge < -0.3 is 10.2 Å². The van der Waals surface area contributed by atoms with Gasteiger partial charge in [-0.1, -0.05) is 12.2 Å². The highest BCUT2D eigenvalue weighted by molar-refractivity contribution is 5.68. The standard InChI is InChI=1S/C9H11F3O3/c10-9(11,12)6-1-3-8(15,4-2-6)5-7(13)14/h1,3,6,15H,2,4-5H2,(H,13,14). The molecule has 0 heterocycles. The fraction of sp³-hybridized carbons (Fsp3) is 0.667. The van der Waals surface area contributed by atoms with Gasteiger partial charge in [0.25, 0.3) is 0 Å². The van der Waals surface area contributed by atoms with Gasteiger partial charge in [-0.05, 0) is 12.8 Å². The molecule has 0 aromatic rings. The van der Waals surface area contributed by atoms with Gasteiger partial charge in [0.15, 0.2) is 0 Å². The highest BCUT2D eigenvalue weighted by atomic mass is 19.4. The molecule has 0 aliphatic heterocycles. The lowest BCUT2D eigenvalue weighted by molar-refractivity contribution is -0.167. The zero-order valence-electron chi connectivity index (χ0n) is 7.79. The molecule has 0 fully saturated rings. The van der Waals surface area contributed by atoms with Gasteiger partial charge in [-0.15, -0.1) is 0 Å². The average molecular weight is 224 g/mol. The van der Waals surface area contributed by atoms with Crippen LogP contribution in [0.2, 0.25) is 0 Å². The normalized spacial score (nSPS) is 31.6. The number of carboxylic acid groups (broad SMARTS) is 1. The van der Waals surface area contributed by atoms with Gasteiger partial charge in [-0.3, -0.25) is 4.79 Å². The van der Waals surface area contributed by atoms with Crippen molar-refractivity contribution in [1.82, 2.24) is 0 Å². The number of aliphatic carboxylic acids is 1. The Balaban J connectivity index is 2.69. The third-order valence-electron chi connectivity index (χ3n) is 2.40. The quantitative estimate of drug-likeness (QED) is 0.702. The van der Waals surface area contributed by atoms with E-state index in [9.17, 15) is 23.1 Å². The molecule has 2 unspecified atom stereocenters. The van der Waals surface area contributed by atoms with Crippen molar-refractivity contribution in [2.45, 2.75) is 31.0 Å². The zero-order chi connectivity index (χ0) is 11.7. The van der Waals surface area contributed by atoms with Gasteiger partial charge >= 0.3 is 12.1 Å².